The number of rotatable bonds is 6. The predicted molar refractivity (Wildman–Crippen MR) is 71.1 cm³/mol. The number of nitro groups is 1. The van der Waals surface area contributed by atoms with Gasteiger partial charge in [-0.25, -0.2) is 0 Å². The van der Waals surface area contributed by atoms with Gasteiger partial charge in [-0.05, 0) is 6.07 Å². The summed E-state index contributed by atoms with van der Waals surface area (Å²) in [6.07, 6.45) is 0.0168. The van der Waals surface area contributed by atoms with Gasteiger partial charge < -0.3 is 5.11 Å². The highest BCUT2D eigenvalue weighted by Crippen LogP contribution is 2.31. The van der Waals surface area contributed by atoms with Crippen LogP contribution < -0.4 is 0 Å². The minimum atomic E-state index is -0.886. The molecule has 0 aliphatic rings. The van der Waals surface area contributed by atoms with Crippen LogP contribution in [-0.2, 0) is 10.5 Å². The average molecular weight is 290 g/mol. The number of nitrogens with zero attached hydrogens (tertiary/aromatic N) is 1. The molecule has 0 heterocycles. The molecule has 0 spiro atoms. The second-order valence-corrected chi connectivity index (χ2v) is 5.55. The summed E-state index contributed by atoms with van der Waals surface area (Å²) in [6.45, 7) is 1.77. The van der Waals surface area contributed by atoms with Gasteiger partial charge in [-0.2, -0.15) is 11.8 Å². The van der Waals surface area contributed by atoms with Crippen LogP contribution >= 0.6 is 23.4 Å². The third-order valence-corrected chi connectivity index (χ3v) is 3.81. The largest absolute Gasteiger partial charge is 0.481 e. The SMILES string of the molecule is CC(CC(=O)O)SCc1c(Cl)cccc1[N+](=O)[O-]. The Morgan fingerprint density at radius 3 is 2.83 bits per heavy atom. The van der Waals surface area contributed by atoms with Crippen molar-refractivity contribution in [3.8, 4) is 0 Å². The van der Waals surface area contributed by atoms with Crippen molar-refractivity contribution in [2.75, 3.05) is 0 Å². The van der Waals surface area contributed by atoms with Crippen LogP contribution in [0.3, 0.4) is 0 Å². The molecule has 1 rings (SSSR count). The first kappa shape index (κ1) is 14.8. The van der Waals surface area contributed by atoms with Crippen LogP contribution in [0.5, 0.6) is 0 Å². The van der Waals surface area contributed by atoms with Crippen molar-refractivity contribution in [3.63, 3.8) is 0 Å². The van der Waals surface area contributed by atoms with E-state index < -0.39 is 10.9 Å². The lowest BCUT2D eigenvalue weighted by atomic mass is 10.2. The Labute approximate surface area is 113 Å². The number of aliphatic carboxylic acids is 1. The maximum Gasteiger partial charge on any atom is 0.304 e. The van der Waals surface area contributed by atoms with Crippen molar-refractivity contribution in [1.29, 1.82) is 0 Å². The van der Waals surface area contributed by atoms with E-state index in [2.05, 4.69) is 0 Å². The molecule has 1 aromatic rings. The van der Waals surface area contributed by atoms with E-state index in [1.165, 1.54) is 23.9 Å². The van der Waals surface area contributed by atoms with Crippen LogP contribution in [0.25, 0.3) is 0 Å². The fraction of sp³-hybridized carbons (Fsp3) is 0.364. The van der Waals surface area contributed by atoms with Crippen LogP contribution in [0.4, 0.5) is 5.69 Å². The van der Waals surface area contributed by atoms with E-state index >= 15 is 0 Å². The second kappa shape index (κ2) is 6.61. The summed E-state index contributed by atoms with van der Waals surface area (Å²) in [7, 11) is 0. The number of hydrogen-bond acceptors (Lipinski definition) is 4. The zero-order chi connectivity index (χ0) is 13.7. The molecule has 1 N–H and O–H groups in total. The maximum atomic E-state index is 10.8. The van der Waals surface area contributed by atoms with E-state index in [0.717, 1.165) is 0 Å². The lowest BCUT2D eigenvalue weighted by molar-refractivity contribution is -0.385. The summed E-state index contributed by atoms with van der Waals surface area (Å²) in [4.78, 5) is 20.9. The smallest absolute Gasteiger partial charge is 0.304 e. The third-order valence-electron chi connectivity index (χ3n) is 2.27. The number of hydrogen-bond donors (Lipinski definition) is 1. The summed E-state index contributed by atoms with van der Waals surface area (Å²) in [5.74, 6) is -0.562. The van der Waals surface area contributed by atoms with Crippen molar-refractivity contribution < 1.29 is 14.8 Å². The van der Waals surface area contributed by atoms with Crippen molar-refractivity contribution in [2.45, 2.75) is 24.3 Å². The van der Waals surface area contributed by atoms with E-state index in [1.807, 2.05) is 0 Å². The summed E-state index contributed by atoms with van der Waals surface area (Å²) in [5, 5.41) is 19.7. The first-order valence-electron chi connectivity index (χ1n) is 5.17. The van der Waals surface area contributed by atoms with E-state index in [9.17, 15) is 14.9 Å². The Morgan fingerprint density at radius 1 is 1.61 bits per heavy atom. The van der Waals surface area contributed by atoms with Crippen molar-refractivity contribution in [2.24, 2.45) is 0 Å². The number of carbonyl (C=O) groups is 1. The van der Waals surface area contributed by atoms with E-state index in [-0.39, 0.29) is 17.4 Å². The Kier molecular flexibility index (Phi) is 5.43. The molecule has 1 unspecified atom stereocenters. The molecule has 0 aliphatic carbocycles. The Balaban J connectivity index is 2.78. The van der Waals surface area contributed by atoms with Crippen LogP contribution in [-0.4, -0.2) is 21.2 Å². The molecule has 0 fully saturated rings. The monoisotopic (exact) mass is 289 g/mol. The quantitative estimate of drug-likeness (QED) is 0.641. The Morgan fingerprint density at radius 2 is 2.28 bits per heavy atom. The molecule has 0 aliphatic heterocycles. The lowest BCUT2D eigenvalue weighted by Crippen LogP contribution is -2.06. The van der Waals surface area contributed by atoms with Crippen molar-refractivity contribution >= 4 is 35.0 Å². The van der Waals surface area contributed by atoms with Crippen molar-refractivity contribution in [3.05, 3.63) is 38.9 Å². The highest BCUT2D eigenvalue weighted by Gasteiger charge is 2.18. The van der Waals surface area contributed by atoms with Gasteiger partial charge in [0.05, 0.1) is 21.9 Å². The number of carboxylic acid groups (broad SMARTS) is 1. The van der Waals surface area contributed by atoms with E-state index in [0.29, 0.717) is 16.3 Å². The molecule has 1 atom stereocenters. The molecule has 0 bridgehead atoms. The fourth-order valence-electron chi connectivity index (χ4n) is 1.39. The third kappa shape index (κ3) is 4.19. The van der Waals surface area contributed by atoms with Gasteiger partial charge in [-0.1, -0.05) is 24.6 Å². The first-order chi connectivity index (χ1) is 8.41. The molecule has 98 valence electrons. The molecule has 18 heavy (non-hydrogen) atoms. The first-order valence-corrected chi connectivity index (χ1v) is 6.59. The van der Waals surface area contributed by atoms with Gasteiger partial charge in [0.25, 0.3) is 5.69 Å². The van der Waals surface area contributed by atoms with Gasteiger partial charge in [0.1, 0.15) is 0 Å². The predicted octanol–water partition coefficient (Wildman–Crippen LogP) is 3.34. The average Bonchev–Trinajstić information content (AvgIpc) is 2.25. The normalized spacial score (nSPS) is 12.1. The number of thioether (sulfide) groups is 1. The molecule has 1 aromatic carbocycles. The van der Waals surface area contributed by atoms with Crippen LogP contribution in [0, 0.1) is 10.1 Å². The van der Waals surface area contributed by atoms with E-state index in [4.69, 9.17) is 16.7 Å². The van der Waals surface area contributed by atoms with Crippen LogP contribution in [0.15, 0.2) is 18.2 Å². The van der Waals surface area contributed by atoms with E-state index in [1.54, 1.807) is 13.0 Å². The highest BCUT2D eigenvalue weighted by molar-refractivity contribution is 7.99. The summed E-state index contributed by atoms with van der Waals surface area (Å²) >= 11 is 7.26. The summed E-state index contributed by atoms with van der Waals surface area (Å²) < 4.78 is 0. The van der Waals surface area contributed by atoms with Crippen LogP contribution in [0.1, 0.15) is 18.9 Å². The molecular weight excluding hydrogens is 278 g/mol. The summed E-state index contributed by atoms with van der Waals surface area (Å²) in [5.41, 5.74) is 0.406. The zero-order valence-corrected chi connectivity index (χ0v) is 11.2. The van der Waals surface area contributed by atoms with Gasteiger partial charge in [0.15, 0.2) is 0 Å². The molecule has 7 heteroatoms. The minimum absolute atomic E-state index is 0.0168. The van der Waals surface area contributed by atoms with Crippen molar-refractivity contribution in [1.82, 2.24) is 0 Å². The standard InChI is InChI=1S/C11H12ClNO4S/c1-7(5-11(14)15)18-6-8-9(12)3-2-4-10(8)13(16)17/h2-4,7H,5-6H2,1H3,(H,14,15). The van der Waals surface area contributed by atoms with Gasteiger partial charge in [-0.3, -0.25) is 14.9 Å². The topological polar surface area (TPSA) is 80.4 Å². The lowest BCUT2D eigenvalue weighted by Gasteiger charge is -2.09. The van der Waals surface area contributed by atoms with Gasteiger partial charge in [-0.15, -0.1) is 0 Å². The number of halogens is 1. The van der Waals surface area contributed by atoms with Gasteiger partial charge in [0, 0.05) is 17.1 Å². The molecule has 0 saturated heterocycles. The number of benzene rings is 1. The second-order valence-electron chi connectivity index (χ2n) is 3.71. The number of carboxylic acids is 1. The molecule has 5 nitrogen and oxygen atoms in total. The Hall–Kier alpha value is -1.27. The van der Waals surface area contributed by atoms with Gasteiger partial charge in [0.2, 0.25) is 0 Å². The maximum absolute atomic E-state index is 10.8. The fourth-order valence-corrected chi connectivity index (χ4v) is 2.72. The van der Waals surface area contributed by atoms with Crippen LogP contribution in [0.2, 0.25) is 5.02 Å². The molecule has 0 aromatic heterocycles. The summed E-state index contributed by atoms with van der Waals surface area (Å²) in [6, 6.07) is 4.51. The molecule has 0 amide bonds. The van der Waals surface area contributed by atoms with Gasteiger partial charge >= 0.3 is 5.97 Å². The minimum Gasteiger partial charge on any atom is -0.481 e. The zero-order valence-electron chi connectivity index (χ0n) is 9.63. The molecule has 0 radical (unpaired) electrons. The molecule has 0 saturated carbocycles. The molecular formula is C11H12ClNO4S. The Bertz CT molecular complexity index is 466. The number of nitro benzene ring substituents is 1. The highest BCUT2D eigenvalue weighted by atomic mass is 35.5.